The van der Waals surface area contributed by atoms with E-state index >= 15 is 0 Å². The Morgan fingerprint density at radius 1 is 1.27 bits per heavy atom. The standard InChI is InChI=1S/C18H20F2N4O.HI/c19-17(20)25-16-10-12(8-9-22-16)11-23-18(21)24-15-7-3-5-13-4-1-2-6-14(13)15;/h3,5,7-10,17H,1-2,4,6,11H2,(H3,21,23,24);1H. The van der Waals surface area contributed by atoms with E-state index in [1.807, 2.05) is 12.1 Å². The molecule has 1 aromatic carbocycles. The number of hydrogen-bond acceptors (Lipinski definition) is 3. The van der Waals surface area contributed by atoms with Gasteiger partial charge in [-0.25, -0.2) is 9.98 Å². The van der Waals surface area contributed by atoms with Gasteiger partial charge in [0, 0.05) is 18.0 Å². The van der Waals surface area contributed by atoms with Crippen molar-refractivity contribution >= 4 is 35.6 Å². The van der Waals surface area contributed by atoms with Gasteiger partial charge in [-0.1, -0.05) is 12.1 Å². The molecule has 0 bridgehead atoms. The van der Waals surface area contributed by atoms with E-state index in [0.29, 0.717) is 5.56 Å². The summed E-state index contributed by atoms with van der Waals surface area (Å²) in [4.78, 5) is 8.00. The highest BCUT2D eigenvalue weighted by Crippen LogP contribution is 2.27. The van der Waals surface area contributed by atoms with E-state index in [9.17, 15) is 8.78 Å². The summed E-state index contributed by atoms with van der Waals surface area (Å²) in [6.45, 7) is -2.65. The van der Waals surface area contributed by atoms with Gasteiger partial charge in [0.1, 0.15) is 0 Å². The van der Waals surface area contributed by atoms with Crippen LogP contribution in [0.1, 0.15) is 29.5 Å². The molecule has 140 valence electrons. The number of hydrogen-bond donors (Lipinski definition) is 2. The molecule has 3 N–H and O–H groups in total. The number of pyridine rings is 1. The molecule has 0 unspecified atom stereocenters. The van der Waals surface area contributed by atoms with E-state index in [0.717, 1.165) is 18.5 Å². The van der Waals surface area contributed by atoms with E-state index in [4.69, 9.17) is 5.73 Å². The van der Waals surface area contributed by atoms with Gasteiger partial charge in [-0.05, 0) is 54.5 Å². The maximum Gasteiger partial charge on any atom is 0.388 e. The highest BCUT2D eigenvalue weighted by Gasteiger charge is 2.13. The van der Waals surface area contributed by atoms with Crippen molar-refractivity contribution in [1.29, 1.82) is 0 Å². The van der Waals surface area contributed by atoms with Crippen molar-refractivity contribution in [3.8, 4) is 5.88 Å². The molecule has 1 aliphatic rings. The molecule has 0 spiro atoms. The number of nitrogens with one attached hydrogen (secondary N) is 1. The number of nitrogens with zero attached hydrogens (tertiary/aromatic N) is 2. The Morgan fingerprint density at radius 2 is 2.08 bits per heavy atom. The predicted octanol–water partition coefficient (Wildman–Crippen LogP) is 4.11. The quantitative estimate of drug-likeness (QED) is 0.389. The van der Waals surface area contributed by atoms with E-state index in [2.05, 4.69) is 26.1 Å². The van der Waals surface area contributed by atoms with Gasteiger partial charge in [0.2, 0.25) is 5.88 Å². The summed E-state index contributed by atoms with van der Waals surface area (Å²) in [7, 11) is 0. The lowest BCUT2D eigenvalue weighted by Gasteiger charge is -2.19. The molecular weight excluding hydrogens is 453 g/mol. The summed E-state index contributed by atoms with van der Waals surface area (Å²) in [5.41, 5.74) is 10.3. The van der Waals surface area contributed by atoms with Crippen molar-refractivity contribution in [2.24, 2.45) is 10.7 Å². The van der Waals surface area contributed by atoms with Crippen molar-refractivity contribution in [2.45, 2.75) is 38.8 Å². The molecule has 2 aromatic rings. The molecule has 0 amide bonds. The molecule has 0 fully saturated rings. The summed E-state index contributed by atoms with van der Waals surface area (Å²) in [5.74, 6) is 0.151. The van der Waals surface area contributed by atoms with E-state index in [1.54, 1.807) is 6.07 Å². The number of ether oxygens (including phenoxy) is 1. The summed E-state index contributed by atoms with van der Waals surface area (Å²) in [5, 5.41) is 3.15. The fourth-order valence-electron chi connectivity index (χ4n) is 2.96. The Bertz CT molecular complexity index is 771. The predicted molar refractivity (Wildman–Crippen MR) is 108 cm³/mol. The molecule has 0 atom stereocenters. The SMILES string of the molecule is I.NC(=NCc1ccnc(OC(F)F)c1)Nc1cccc2c1CCCC2. The molecule has 0 saturated heterocycles. The van der Waals surface area contributed by atoms with Crippen LogP contribution in [0.15, 0.2) is 41.5 Å². The number of alkyl halides is 2. The summed E-state index contributed by atoms with van der Waals surface area (Å²) >= 11 is 0. The topological polar surface area (TPSA) is 72.5 Å². The van der Waals surface area contributed by atoms with Crippen molar-refractivity contribution in [1.82, 2.24) is 4.98 Å². The zero-order valence-corrected chi connectivity index (χ0v) is 16.5. The minimum Gasteiger partial charge on any atom is -0.417 e. The summed E-state index contributed by atoms with van der Waals surface area (Å²) in [6, 6.07) is 9.26. The van der Waals surface area contributed by atoms with E-state index < -0.39 is 6.61 Å². The number of aromatic nitrogens is 1. The molecule has 0 aliphatic heterocycles. The number of benzene rings is 1. The van der Waals surface area contributed by atoms with Crippen LogP contribution < -0.4 is 15.8 Å². The first-order valence-corrected chi connectivity index (χ1v) is 8.19. The average molecular weight is 474 g/mol. The van der Waals surface area contributed by atoms with Gasteiger partial charge >= 0.3 is 6.61 Å². The first-order chi connectivity index (χ1) is 12.1. The lowest BCUT2D eigenvalue weighted by atomic mass is 9.90. The van der Waals surface area contributed by atoms with Gasteiger partial charge in [-0.15, -0.1) is 24.0 Å². The highest BCUT2D eigenvalue weighted by atomic mass is 127. The third kappa shape index (κ3) is 5.52. The Kier molecular flexibility index (Phi) is 7.55. The van der Waals surface area contributed by atoms with Crippen LogP contribution in [0, 0.1) is 0 Å². The number of aryl methyl sites for hydroxylation is 1. The Labute approximate surface area is 168 Å². The van der Waals surface area contributed by atoms with Gasteiger partial charge < -0.3 is 15.8 Å². The summed E-state index contributed by atoms with van der Waals surface area (Å²) < 4.78 is 28.7. The van der Waals surface area contributed by atoms with Crippen LogP contribution in [0.5, 0.6) is 5.88 Å². The molecule has 0 radical (unpaired) electrons. The molecule has 8 heteroatoms. The molecule has 0 saturated carbocycles. The molecular formula is C18H21F2IN4O. The van der Waals surface area contributed by atoms with Crippen molar-refractivity contribution in [3.63, 3.8) is 0 Å². The van der Waals surface area contributed by atoms with Gasteiger partial charge in [0.15, 0.2) is 5.96 Å². The number of aliphatic imine (C=N–C) groups is 1. The number of fused-ring (bicyclic) bond motifs is 1. The van der Waals surface area contributed by atoms with Crippen LogP contribution >= 0.6 is 24.0 Å². The van der Waals surface area contributed by atoms with Crippen molar-refractivity contribution in [3.05, 3.63) is 53.2 Å². The molecule has 1 aliphatic carbocycles. The maximum absolute atomic E-state index is 12.2. The smallest absolute Gasteiger partial charge is 0.388 e. The Hall–Kier alpha value is -1.97. The lowest BCUT2D eigenvalue weighted by molar-refractivity contribution is -0.0528. The van der Waals surface area contributed by atoms with Crippen LogP contribution in [0.25, 0.3) is 0 Å². The largest absolute Gasteiger partial charge is 0.417 e. The van der Waals surface area contributed by atoms with Crippen LogP contribution in [0.4, 0.5) is 14.5 Å². The molecule has 26 heavy (non-hydrogen) atoms. The van der Waals surface area contributed by atoms with Crippen molar-refractivity contribution in [2.75, 3.05) is 5.32 Å². The van der Waals surface area contributed by atoms with E-state index in [-0.39, 0.29) is 42.4 Å². The fraction of sp³-hybridized carbons (Fsp3) is 0.333. The zero-order chi connectivity index (χ0) is 17.6. The molecule has 5 nitrogen and oxygen atoms in total. The van der Waals surface area contributed by atoms with Gasteiger partial charge in [-0.3, -0.25) is 0 Å². The highest BCUT2D eigenvalue weighted by molar-refractivity contribution is 14.0. The Balaban J connectivity index is 0.00000243. The average Bonchev–Trinajstić information content (AvgIpc) is 2.60. The number of guanidine groups is 1. The van der Waals surface area contributed by atoms with Gasteiger partial charge in [0.05, 0.1) is 6.54 Å². The van der Waals surface area contributed by atoms with E-state index in [1.165, 1.54) is 36.2 Å². The second-order valence-electron chi connectivity index (χ2n) is 5.86. The second kappa shape index (κ2) is 9.65. The fourth-order valence-corrected chi connectivity index (χ4v) is 2.96. The molecule has 3 rings (SSSR count). The number of nitrogens with two attached hydrogens (primary N) is 1. The third-order valence-corrected chi connectivity index (χ3v) is 4.10. The number of halogens is 3. The van der Waals surface area contributed by atoms with Gasteiger partial charge in [-0.2, -0.15) is 8.78 Å². The lowest BCUT2D eigenvalue weighted by Crippen LogP contribution is -2.24. The first kappa shape index (κ1) is 20.3. The third-order valence-electron chi connectivity index (χ3n) is 4.10. The minimum atomic E-state index is -2.90. The number of rotatable bonds is 5. The van der Waals surface area contributed by atoms with Crippen LogP contribution in [0.2, 0.25) is 0 Å². The maximum atomic E-state index is 12.2. The molecule has 1 aromatic heterocycles. The Morgan fingerprint density at radius 3 is 2.88 bits per heavy atom. The normalized spacial score (nSPS) is 13.7. The monoisotopic (exact) mass is 474 g/mol. The molecule has 1 heterocycles. The number of anilines is 1. The second-order valence-corrected chi connectivity index (χ2v) is 5.86. The van der Waals surface area contributed by atoms with Crippen LogP contribution in [-0.4, -0.2) is 17.6 Å². The van der Waals surface area contributed by atoms with Crippen LogP contribution in [-0.2, 0) is 19.4 Å². The first-order valence-electron chi connectivity index (χ1n) is 8.19. The summed E-state index contributed by atoms with van der Waals surface area (Å²) in [6.07, 6.45) is 5.91. The van der Waals surface area contributed by atoms with Crippen LogP contribution in [0.3, 0.4) is 0 Å². The zero-order valence-electron chi connectivity index (χ0n) is 14.1. The minimum absolute atomic E-state index is 0. The van der Waals surface area contributed by atoms with Gasteiger partial charge in [0.25, 0.3) is 0 Å². The van der Waals surface area contributed by atoms with Crippen molar-refractivity contribution < 1.29 is 13.5 Å².